The van der Waals surface area contributed by atoms with Gasteiger partial charge in [-0.1, -0.05) is 6.92 Å². The number of hydrogen-bond donors (Lipinski definition) is 0. The summed E-state index contributed by atoms with van der Waals surface area (Å²) in [6, 6.07) is 0. The average Bonchev–Trinajstić information content (AvgIpc) is 2.76. The molecule has 3 rings (SSSR count). The fourth-order valence-electron chi connectivity index (χ4n) is 3.67. The summed E-state index contributed by atoms with van der Waals surface area (Å²) in [5.74, 6) is 0.345. The molecular formula is C19H22F3NO3. The van der Waals surface area contributed by atoms with Gasteiger partial charge in [0.1, 0.15) is 18.0 Å². The molecule has 0 aromatic rings. The molecule has 0 saturated heterocycles. The largest absolute Gasteiger partial charge is 0.498 e. The fraction of sp³-hybridized carbons (Fsp3) is 0.526. The van der Waals surface area contributed by atoms with E-state index in [0.717, 1.165) is 29.8 Å². The van der Waals surface area contributed by atoms with Crippen LogP contribution in [0.1, 0.15) is 32.6 Å². The van der Waals surface area contributed by atoms with Crippen LogP contribution in [0.25, 0.3) is 0 Å². The van der Waals surface area contributed by atoms with Gasteiger partial charge in [-0.3, -0.25) is 4.79 Å². The number of ether oxygens (including phenoxy) is 2. The van der Waals surface area contributed by atoms with Crippen LogP contribution < -0.4 is 0 Å². The molecule has 26 heavy (non-hydrogen) atoms. The Morgan fingerprint density at radius 1 is 1.35 bits per heavy atom. The van der Waals surface area contributed by atoms with E-state index in [-0.39, 0.29) is 12.2 Å². The Balaban J connectivity index is 2.05. The van der Waals surface area contributed by atoms with Crippen molar-refractivity contribution in [1.29, 1.82) is 0 Å². The van der Waals surface area contributed by atoms with Gasteiger partial charge >= 0.3 is 6.18 Å². The van der Waals surface area contributed by atoms with Gasteiger partial charge in [-0.25, -0.2) is 0 Å². The van der Waals surface area contributed by atoms with E-state index in [1.165, 1.54) is 7.11 Å². The normalized spacial score (nSPS) is 26.0. The third-order valence-electron chi connectivity index (χ3n) is 4.97. The first kappa shape index (κ1) is 18.8. The van der Waals surface area contributed by atoms with Crippen molar-refractivity contribution in [2.45, 2.75) is 44.4 Å². The number of carbonyl (C=O) groups is 1. The van der Waals surface area contributed by atoms with Crippen LogP contribution in [0.4, 0.5) is 13.2 Å². The van der Waals surface area contributed by atoms with Crippen LogP contribution in [0.2, 0.25) is 0 Å². The number of alkyl halides is 3. The quantitative estimate of drug-likeness (QED) is 0.750. The van der Waals surface area contributed by atoms with Gasteiger partial charge in [0.15, 0.2) is 5.78 Å². The molecule has 0 N–H and O–H groups in total. The summed E-state index contributed by atoms with van der Waals surface area (Å²) in [5.41, 5.74) is 1.40. The lowest BCUT2D eigenvalue weighted by Crippen LogP contribution is -2.39. The van der Waals surface area contributed by atoms with Gasteiger partial charge in [-0.2, -0.15) is 13.2 Å². The molecule has 1 aliphatic carbocycles. The van der Waals surface area contributed by atoms with E-state index < -0.39 is 18.4 Å². The number of carbonyl (C=O) groups excluding carboxylic acids is 1. The lowest BCUT2D eigenvalue weighted by molar-refractivity contribution is -0.196. The van der Waals surface area contributed by atoms with E-state index in [1.807, 2.05) is 4.90 Å². The molecule has 142 valence electrons. The summed E-state index contributed by atoms with van der Waals surface area (Å²) in [5, 5.41) is 0. The molecule has 2 aliphatic heterocycles. The molecule has 1 atom stereocenters. The van der Waals surface area contributed by atoms with Gasteiger partial charge in [-0.05, 0) is 43.1 Å². The molecule has 3 aliphatic rings. The monoisotopic (exact) mass is 369 g/mol. The van der Waals surface area contributed by atoms with Crippen LogP contribution >= 0.6 is 0 Å². The molecular weight excluding hydrogens is 347 g/mol. The SMILES string of the molecule is CCC1(OCC(F)(F)F)C=C2CCCN3C=CC(=O)CC3=C2C=C1OC. The smallest absolute Gasteiger partial charge is 0.411 e. The van der Waals surface area contributed by atoms with Crippen LogP contribution in [0.15, 0.2) is 47.0 Å². The molecule has 4 nitrogen and oxygen atoms in total. The maximum absolute atomic E-state index is 12.7. The van der Waals surface area contributed by atoms with Crippen LogP contribution in [-0.4, -0.2) is 42.7 Å². The van der Waals surface area contributed by atoms with Crippen molar-refractivity contribution in [3.63, 3.8) is 0 Å². The number of hydrogen-bond acceptors (Lipinski definition) is 4. The van der Waals surface area contributed by atoms with E-state index in [0.29, 0.717) is 18.6 Å². The molecule has 2 heterocycles. The molecule has 0 aromatic carbocycles. The zero-order valence-electron chi connectivity index (χ0n) is 14.9. The highest BCUT2D eigenvalue weighted by Gasteiger charge is 2.42. The minimum absolute atomic E-state index is 0.0121. The third-order valence-corrected chi connectivity index (χ3v) is 4.97. The molecule has 0 bridgehead atoms. The highest BCUT2D eigenvalue weighted by atomic mass is 19.4. The predicted octanol–water partition coefficient (Wildman–Crippen LogP) is 4.02. The van der Waals surface area contributed by atoms with Crippen molar-refractivity contribution in [2.24, 2.45) is 0 Å². The van der Waals surface area contributed by atoms with Crippen molar-refractivity contribution in [1.82, 2.24) is 4.90 Å². The van der Waals surface area contributed by atoms with E-state index in [1.54, 1.807) is 31.4 Å². The Hall–Kier alpha value is -2.02. The average molecular weight is 369 g/mol. The first-order valence-electron chi connectivity index (χ1n) is 8.68. The van der Waals surface area contributed by atoms with Gasteiger partial charge < -0.3 is 14.4 Å². The van der Waals surface area contributed by atoms with Gasteiger partial charge in [0.05, 0.1) is 13.5 Å². The van der Waals surface area contributed by atoms with Crippen molar-refractivity contribution in [3.8, 4) is 0 Å². The highest BCUT2D eigenvalue weighted by molar-refractivity contribution is 5.92. The molecule has 7 heteroatoms. The lowest BCUT2D eigenvalue weighted by atomic mass is 9.83. The Morgan fingerprint density at radius 3 is 2.77 bits per heavy atom. The van der Waals surface area contributed by atoms with Crippen LogP contribution in [0.3, 0.4) is 0 Å². The zero-order chi connectivity index (χ0) is 18.9. The second kappa shape index (κ2) is 6.95. The number of allylic oxidation sites excluding steroid dienone is 5. The van der Waals surface area contributed by atoms with Crippen molar-refractivity contribution in [2.75, 3.05) is 20.3 Å². The first-order valence-corrected chi connectivity index (χ1v) is 8.68. The predicted molar refractivity (Wildman–Crippen MR) is 89.9 cm³/mol. The van der Waals surface area contributed by atoms with Crippen molar-refractivity contribution >= 4 is 5.78 Å². The van der Waals surface area contributed by atoms with Crippen molar-refractivity contribution in [3.05, 3.63) is 47.0 Å². The van der Waals surface area contributed by atoms with Gasteiger partial charge in [0, 0.05) is 24.0 Å². The van der Waals surface area contributed by atoms with E-state index >= 15 is 0 Å². The Bertz CT molecular complexity index is 718. The number of rotatable bonds is 4. The molecule has 0 spiro atoms. The Labute approximate surface area is 150 Å². The second-order valence-corrected chi connectivity index (χ2v) is 6.65. The van der Waals surface area contributed by atoms with Crippen LogP contribution in [-0.2, 0) is 14.3 Å². The van der Waals surface area contributed by atoms with E-state index in [4.69, 9.17) is 9.47 Å². The topological polar surface area (TPSA) is 38.8 Å². The van der Waals surface area contributed by atoms with E-state index in [2.05, 4.69) is 0 Å². The van der Waals surface area contributed by atoms with Gasteiger partial charge in [0.25, 0.3) is 0 Å². The molecule has 0 aromatic heterocycles. The summed E-state index contributed by atoms with van der Waals surface area (Å²) >= 11 is 0. The van der Waals surface area contributed by atoms with E-state index in [9.17, 15) is 18.0 Å². The molecule has 0 amide bonds. The lowest BCUT2D eigenvalue weighted by Gasteiger charge is -2.36. The first-order chi connectivity index (χ1) is 12.3. The van der Waals surface area contributed by atoms with Crippen LogP contribution in [0, 0.1) is 0 Å². The summed E-state index contributed by atoms with van der Waals surface area (Å²) in [4.78, 5) is 13.9. The van der Waals surface area contributed by atoms with Crippen LogP contribution in [0.5, 0.6) is 0 Å². The maximum atomic E-state index is 12.7. The Morgan fingerprint density at radius 2 is 2.12 bits per heavy atom. The molecule has 0 radical (unpaired) electrons. The molecule has 0 saturated carbocycles. The second-order valence-electron chi connectivity index (χ2n) is 6.65. The minimum Gasteiger partial charge on any atom is -0.498 e. The highest BCUT2D eigenvalue weighted by Crippen LogP contribution is 2.42. The third kappa shape index (κ3) is 3.58. The standard InChI is InChI=1S/C19H22F3NO3/c1-3-18(26-12-19(20,21)22)11-13-5-4-7-23-8-6-14(24)9-16(23)15(13)10-17(18)25-2/h6,8,10-11H,3-5,7,9,12H2,1-2H3. The minimum atomic E-state index is -4.42. The molecule has 1 unspecified atom stereocenters. The maximum Gasteiger partial charge on any atom is 0.411 e. The summed E-state index contributed by atoms with van der Waals surface area (Å²) in [6.07, 6.45) is 4.57. The summed E-state index contributed by atoms with van der Waals surface area (Å²) in [6.45, 7) is 1.19. The van der Waals surface area contributed by atoms with Gasteiger partial charge in [0.2, 0.25) is 0 Å². The number of nitrogens with zero attached hydrogens (tertiary/aromatic N) is 1. The summed E-state index contributed by atoms with van der Waals surface area (Å²) < 4.78 is 49.0. The fourth-order valence-corrected chi connectivity index (χ4v) is 3.67. The number of fused-ring (bicyclic) bond motifs is 2. The number of halogens is 3. The molecule has 0 fully saturated rings. The summed E-state index contributed by atoms with van der Waals surface area (Å²) in [7, 11) is 1.43. The van der Waals surface area contributed by atoms with Gasteiger partial charge in [-0.15, -0.1) is 0 Å². The number of methoxy groups -OCH3 is 1. The number of ketones is 1. The Kier molecular flexibility index (Phi) is 5.01. The van der Waals surface area contributed by atoms with Crippen molar-refractivity contribution < 1.29 is 27.4 Å². The zero-order valence-corrected chi connectivity index (χ0v) is 14.9.